The van der Waals surface area contributed by atoms with Crippen molar-refractivity contribution in [3.8, 4) is 0 Å². The van der Waals surface area contributed by atoms with Crippen LogP contribution in [0.4, 0.5) is 0 Å². The van der Waals surface area contributed by atoms with Crippen molar-refractivity contribution in [2.75, 3.05) is 20.6 Å². The van der Waals surface area contributed by atoms with Crippen LogP contribution in [0.5, 0.6) is 0 Å². The lowest BCUT2D eigenvalue weighted by Crippen LogP contribution is -2.30. The fourth-order valence-electron chi connectivity index (χ4n) is 2.81. The monoisotopic (exact) mass is 310 g/mol. The van der Waals surface area contributed by atoms with Crippen LogP contribution in [-0.4, -0.2) is 31.6 Å². The molecule has 1 saturated heterocycles. The molecular formula is C15H23BrN2. The van der Waals surface area contributed by atoms with E-state index in [0.29, 0.717) is 12.1 Å². The van der Waals surface area contributed by atoms with Gasteiger partial charge in [-0.2, -0.15) is 0 Å². The minimum Gasteiger partial charge on any atom is -0.314 e. The molecule has 1 fully saturated rings. The first-order chi connectivity index (χ1) is 8.58. The maximum Gasteiger partial charge on any atom is 0.0359 e. The zero-order chi connectivity index (χ0) is 13.1. The van der Waals surface area contributed by atoms with Gasteiger partial charge in [-0.25, -0.2) is 0 Å². The number of hydrogen-bond acceptors (Lipinski definition) is 2. The van der Waals surface area contributed by atoms with E-state index >= 15 is 0 Å². The number of hydrogen-bond donors (Lipinski definition) is 1. The van der Waals surface area contributed by atoms with E-state index in [2.05, 4.69) is 65.4 Å². The Bertz CT molecular complexity index is 397. The smallest absolute Gasteiger partial charge is 0.0359 e. The van der Waals surface area contributed by atoms with E-state index < -0.39 is 0 Å². The fourth-order valence-corrected chi connectivity index (χ4v) is 3.19. The lowest BCUT2D eigenvalue weighted by atomic mass is 9.94. The minimum atomic E-state index is 0.498. The van der Waals surface area contributed by atoms with Crippen LogP contribution in [0.15, 0.2) is 22.7 Å². The predicted octanol–water partition coefficient (Wildman–Crippen LogP) is 3.50. The van der Waals surface area contributed by atoms with Crippen LogP contribution < -0.4 is 5.32 Å². The van der Waals surface area contributed by atoms with Gasteiger partial charge in [-0.15, -0.1) is 0 Å². The maximum absolute atomic E-state index is 3.61. The van der Waals surface area contributed by atoms with Crippen molar-refractivity contribution < 1.29 is 0 Å². The molecule has 0 aliphatic carbocycles. The molecule has 2 unspecified atom stereocenters. The van der Waals surface area contributed by atoms with Crippen LogP contribution in [0.2, 0.25) is 0 Å². The number of nitrogens with one attached hydrogen (secondary N) is 1. The van der Waals surface area contributed by atoms with Gasteiger partial charge >= 0.3 is 0 Å². The third-order valence-corrected chi connectivity index (χ3v) is 4.39. The summed E-state index contributed by atoms with van der Waals surface area (Å²) in [6, 6.07) is 7.78. The second-order valence-corrected chi connectivity index (χ2v) is 6.42. The van der Waals surface area contributed by atoms with E-state index in [4.69, 9.17) is 0 Å². The number of benzene rings is 1. The summed E-state index contributed by atoms with van der Waals surface area (Å²) < 4.78 is 1.18. The highest BCUT2D eigenvalue weighted by Crippen LogP contribution is 2.30. The molecule has 0 amide bonds. The molecule has 1 aliphatic rings. The Morgan fingerprint density at radius 2 is 2.22 bits per heavy atom. The van der Waals surface area contributed by atoms with Gasteiger partial charge in [-0.3, -0.25) is 0 Å². The average Bonchev–Trinajstić information content (AvgIpc) is 2.82. The number of halogens is 1. The van der Waals surface area contributed by atoms with Gasteiger partial charge < -0.3 is 10.2 Å². The molecule has 100 valence electrons. The predicted molar refractivity (Wildman–Crippen MR) is 80.9 cm³/mol. The summed E-state index contributed by atoms with van der Waals surface area (Å²) in [4.78, 5) is 2.34. The second-order valence-electron chi connectivity index (χ2n) is 5.51. The first-order valence-electron chi connectivity index (χ1n) is 6.74. The molecule has 0 radical (unpaired) electrons. The van der Waals surface area contributed by atoms with Crippen molar-refractivity contribution >= 4 is 15.9 Å². The normalized spacial score (nSPS) is 21.5. The van der Waals surface area contributed by atoms with Crippen LogP contribution >= 0.6 is 15.9 Å². The third kappa shape index (κ3) is 3.34. The van der Waals surface area contributed by atoms with Gasteiger partial charge in [0, 0.05) is 16.6 Å². The van der Waals surface area contributed by atoms with Crippen LogP contribution in [0.1, 0.15) is 36.4 Å². The SMILES string of the molecule is Cc1ccc(Br)cc1C(CC1CCCN1)N(C)C. The van der Waals surface area contributed by atoms with Crippen LogP contribution in [0.3, 0.4) is 0 Å². The van der Waals surface area contributed by atoms with Crippen LogP contribution in [0.25, 0.3) is 0 Å². The van der Waals surface area contributed by atoms with E-state index in [1.807, 2.05) is 0 Å². The summed E-state index contributed by atoms with van der Waals surface area (Å²) in [5, 5.41) is 3.61. The molecule has 2 nitrogen and oxygen atoms in total. The Balaban J connectivity index is 2.20. The zero-order valence-electron chi connectivity index (χ0n) is 11.5. The highest BCUT2D eigenvalue weighted by molar-refractivity contribution is 9.10. The molecule has 1 N–H and O–H groups in total. The second kappa shape index (κ2) is 6.18. The summed E-state index contributed by atoms with van der Waals surface area (Å²) in [5.41, 5.74) is 2.83. The molecule has 1 aromatic rings. The Morgan fingerprint density at radius 1 is 1.44 bits per heavy atom. The van der Waals surface area contributed by atoms with Crippen molar-refractivity contribution in [3.63, 3.8) is 0 Å². The van der Waals surface area contributed by atoms with Crippen LogP contribution in [0, 0.1) is 6.92 Å². The molecular weight excluding hydrogens is 288 g/mol. The van der Waals surface area contributed by atoms with Crippen molar-refractivity contribution in [1.29, 1.82) is 0 Å². The van der Waals surface area contributed by atoms with E-state index in [9.17, 15) is 0 Å². The number of rotatable bonds is 4. The molecule has 0 aromatic heterocycles. The number of aryl methyl sites for hydroxylation is 1. The summed E-state index contributed by atoms with van der Waals surface area (Å²) >= 11 is 3.59. The van der Waals surface area contributed by atoms with E-state index in [-0.39, 0.29) is 0 Å². The lowest BCUT2D eigenvalue weighted by Gasteiger charge is -2.29. The lowest BCUT2D eigenvalue weighted by molar-refractivity contribution is 0.262. The van der Waals surface area contributed by atoms with Gasteiger partial charge in [0.2, 0.25) is 0 Å². The molecule has 2 rings (SSSR count). The van der Waals surface area contributed by atoms with Crippen LogP contribution in [-0.2, 0) is 0 Å². The molecule has 3 heteroatoms. The molecule has 2 atom stereocenters. The van der Waals surface area contributed by atoms with Gasteiger partial charge in [-0.05, 0) is 70.1 Å². The third-order valence-electron chi connectivity index (χ3n) is 3.89. The largest absolute Gasteiger partial charge is 0.314 e. The quantitative estimate of drug-likeness (QED) is 0.915. The first-order valence-corrected chi connectivity index (χ1v) is 7.53. The van der Waals surface area contributed by atoms with Gasteiger partial charge in [0.1, 0.15) is 0 Å². The average molecular weight is 311 g/mol. The molecule has 1 aliphatic heterocycles. The Labute approximate surface area is 119 Å². The molecule has 0 saturated carbocycles. The molecule has 1 aromatic carbocycles. The molecule has 1 heterocycles. The Hall–Kier alpha value is -0.380. The highest BCUT2D eigenvalue weighted by atomic mass is 79.9. The van der Waals surface area contributed by atoms with Crippen molar-refractivity contribution in [2.45, 2.75) is 38.3 Å². The number of nitrogens with zero attached hydrogens (tertiary/aromatic N) is 1. The molecule has 18 heavy (non-hydrogen) atoms. The van der Waals surface area contributed by atoms with Crippen molar-refractivity contribution in [1.82, 2.24) is 10.2 Å². The Morgan fingerprint density at radius 3 is 2.83 bits per heavy atom. The van der Waals surface area contributed by atoms with Gasteiger partial charge in [-0.1, -0.05) is 22.0 Å². The Kier molecular flexibility index (Phi) is 4.82. The van der Waals surface area contributed by atoms with E-state index in [1.54, 1.807) is 0 Å². The highest BCUT2D eigenvalue weighted by Gasteiger charge is 2.23. The summed E-state index contributed by atoms with van der Waals surface area (Å²) in [7, 11) is 4.36. The summed E-state index contributed by atoms with van der Waals surface area (Å²) in [5.74, 6) is 0. The fraction of sp³-hybridized carbons (Fsp3) is 0.600. The summed E-state index contributed by atoms with van der Waals surface area (Å²) in [6.45, 7) is 3.39. The maximum atomic E-state index is 3.61. The van der Waals surface area contributed by atoms with Crippen molar-refractivity contribution in [3.05, 3.63) is 33.8 Å². The zero-order valence-corrected chi connectivity index (χ0v) is 13.1. The van der Waals surface area contributed by atoms with Gasteiger partial charge in [0.05, 0.1) is 0 Å². The standard InChI is InChI=1S/C15H23BrN2/c1-11-6-7-12(16)9-14(11)15(18(2)3)10-13-5-4-8-17-13/h6-7,9,13,15,17H,4-5,8,10H2,1-3H3. The van der Waals surface area contributed by atoms with E-state index in [1.165, 1.54) is 41.4 Å². The molecule has 0 bridgehead atoms. The molecule has 0 spiro atoms. The van der Waals surface area contributed by atoms with Crippen molar-refractivity contribution in [2.24, 2.45) is 0 Å². The van der Waals surface area contributed by atoms with Gasteiger partial charge in [0.15, 0.2) is 0 Å². The minimum absolute atomic E-state index is 0.498. The topological polar surface area (TPSA) is 15.3 Å². The summed E-state index contributed by atoms with van der Waals surface area (Å²) in [6.07, 6.45) is 3.84. The van der Waals surface area contributed by atoms with E-state index in [0.717, 1.165) is 0 Å². The van der Waals surface area contributed by atoms with Gasteiger partial charge in [0.25, 0.3) is 0 Å². The first kappa shape index (κ1) is 14.0.